The first kappa shape index (κ1) is 16.5. The molecule has 1 nitrogen and oxygen atoms in total. The van der Waals surface area contributed by atoms with E-state index in [-0.39, 0.29) is 0 Å². The highest BCUT2D eigenvalue weighted by Gasteiger charge is 2.15. The molecule has 0 fully saturated rings. The molecule has 0 bridgehead atoms. The molecule has 1 heterocycles. The zero-order valence-corrected chi connectivity index (χ0v) is 14.5. The molecule has 0 saturated carbocycles. The van der Waals surface area contributed by atoms with E-state index in [1.54, 1.807) is 0 Å². The van der Waals surface area contributed by atoms with E-state index >= 15 is 0 Å². The van der Waals surface area contributed by atoms with E-state index in [9.17, 15) is 0 Å². The second-order valence-electron chi connectivity index (χ2n) is 6.21. The largest absolute Gasteiger partial charge is 0.260 e. The third-order valence-corrected chi connectivity index (χ3v) is 4.47. The summed E-state index contributed by atoms with van der Waals surface area (Å²) in [6, 6.07) is 13.0. The van der Waals surface area contributed by atoms with Crippen LogP contribution in [0.3, 0.4) is 0 Å². The SMILES string of the molecule is CCC/C(=C(/C)C(C)c1ccc(C)cn1)c1ccccc1C. The monoisotopic (exact) mass is 293 g/mol. The van der Waals surface area contributed by atoms with Crippen molar-refractivity contribution in [2.45, 2.75) is 53.4 Å². The van der Waals surface area contributed by atoms with Gasteiger partial charge in [-0.1, -0.05) is 56.2 Å². The Morgan fingerprint density at radius 2 is 1.82 bits per heavy atom. The van der Waals surface area contributed by atoms with Gasteiger partial charge in [-0.05, 0) is 55.5 Å². The highest BCUT2D eigenvalue weighted by Crippen LogP contribution is 2.33. The summed E-state index contributed by atoms with van der Waals surface area (Å²) in [5, 5.41) is 0. The minimum absolute atomic E-state index is 0.349. The molecule has 22 heavy (non-hydrogen) atoms. The molecule has 0 amide bonds. The summed E-state index contributed by atoms with van der Waals surface area (Å²) in [7, 11) is 0. The lowest BCUT2D eigenvalue weighted by Crippen LogP contribution is -2.03. The maximum atomic E-state index is 4.62. The van der Waals surface area contributed by atoms with Crippen molar-refractivity contribution >= 4 is 5.57 Å². The zero-order valence-electron chi connectivity index (χ0n) is 14.5. The van der Waals surface area contributed by atoms with Crippen molar-refractivity contribution in [1.82, 2.24) is 4.98 Å². The lowest BCUT2D eigenvalue weighted by Gasteiger charge is -2.19. The topological polar surface area (TPSA) is 12.9 Å². The van der Waals surface area contributed by atoms with Gasteiger partial charge in [-0.2, -0.15) is 0 Å². The summed E-state index contributed by atoms with van der Waals surface area (Å²) in [5.41, 5.74) is 8.04. The number of rotatable bonds is 5. The first-order chi connectivity index (χ1) is 10.5. The predicted molar refractivity (Wildman–Crippen MR) is 96.1 cm³/mol. The summed E-state index contributed by atoms with van der Waals surface area (Å²) < 4.78 is 0. The average molecular weight is 293 g/mol. The Labute approximate surface area is 135 Å². The molecule has 0 aliphatic rings. The predicted octanol–water partition coefficient (Wildman–Crippen LogP) is 6.08. The van der Waals surface area contributed by atoms with E-state index in [0.717, 1.165) is 18.5 Å². The minimum atomic E-state index is 0.349. The molecule has 1 atom stereocenters. The number of aromatic nitrogens is 1. The van der Waals surface area contributed by atoms with Gasteiger partial charge in [-0.15, -0.1) is 0 Å². The van der Waals surface area contributed by atoms with Gasteiger partial charge in [0.05, 0.1) is 0 Å². The van der Waals surface area contributed by atoms with Crippen LogP contribution in [-0.4, -0.2) is 4.98 Å². The Kier molecular flexibility index (Phi) is 5.54. The number of allylic oxidation sites excluding steroid dienone is 2. The fourth-order valence-electron chi connectivity index (χ4n) is 2.92. The number of hydrogen-bond acceptors (Lipinski definition) is 1. The van der Waals surface area contributed by atoms with Crippen LogP contribution in [0.1, 0.15) is 61.9 Å². The Bertz CT molecular complexity index is 650. The van der Waals surface area contributed by atoms with Crippen molar-refractivity contribution in [3.8, 4) is 0 Å². The van der Waals surface area contributed by atoms with Crippen molar-refractivity contribution in [3.63, 3.8) is 0 Å². The van der Waals surface area contributed by atoms with Crippen LogP contribution in [0.4, 0.5) is 0 Å². The van der Waals surface area contributed by atoms with Crippen LogP contribution >= 0.6 is 0 Å². The van der Waals surface area contributed by atoms with Crippen LogP contribution in [-0.2, 0) is 0 Å². The van der Waals surface area contributed by atoms with Gasteiger partial charge < -0.3 is 0 Å². The molecule has 1 aromatic heterocycles. The molecular formula is C21H27N. The van der Waals surface area contributed by atoms with Crippen LogP contribution in [0.25, 0.3) is 5.57 Å². The van der Waals surface area contributed by atoms with Crippen LogP contribution in [0, 0.1) is 13.8 Å². The Balaban J connectivity index is 2.45. The minimum Gasteiger partial charge on any atom is -0.260 e. The van der Waals surface area contributed by atoms with Crippen LogP contribution < -0.4 is 0 Å². The van der Waals surface area contributed by atoms with Crippen molar-refractivity contribution < 1.29 is 0 Å². The number of hydrogen-bond donors (Lipinski definition) is 0. The summed E-state index contributed by atoms with van der Waals surface area (Å²) in [6.07, 6.45) is 4.24. The Morgan fingerprint density at radius 1 is 1.09 bits per heavy atom. The van der Waals surface area contributed by atoms with Gasteiger partial charge in [0.25, 0.3) is 0 Å². The molecule has 0 spiro atoms. The van der Waals surface area contributed by atoms with Crippen LogP contribution in [0.15, 0.2) is 48.2 Å². The molecular weight excluding hydrogens is 266 g/mol. The Hall–Kier alpha value is -1.89. The van der Waals surface area contributed by atoms with Crippen molar-refractivity contribution in [3.05, 3.63) is 70.6 Å². The second kappa shape index (κ2) is 7.40. The van der Waals surface area contributed by atoms with Crippen molar-refractivity contribution in [2.75, 3.05) is 0 Å². The summed E-state index contributed by atoms with van der Waals surface area (Å²) >= 11 is 0. The molecule has 0 aliphatic heterocycles. The molecule has 1 aromatic carbocycles. The lowest BCUT2D eigenvalue weighted by atomic mass is 9.86. The van der Waals surface area contributed by atoms with Gasteiger partial charge in [0, 0.05) is 17.8 Å². The molecule has 0 aliphatic carbocycles. The summed E-state index contributed by atoms with van der Waals surface area (Å²) in [6.45, 7) is 11.1. The number of benzene rings is 1. The van der Waals surface area contributed by atoms with Crippen LogP contribution in [0.2, 0.25) is 0 Å². The van der Waals surface area contributed by atoms with Crippen LogP contribution in [0.5, 0.6) is 0 Å². The molecule has 1 unspecified atom stereocenters. The third-order valence-electron chi connectivity index (χ3n) is 4.47. The van der Waals surface area contributed by atoms with Crippen molar-refractivity contribution in [2.24, 2.45) is 0 Å². The molecule has 0 N–H and O–H groups in total. The standard InChI is InChI=1S/C21H27N/c1-6-9-20(19-11-8-7-10-16(19)3)17(4)18(5)21-13-12-15(2)14-22-21/h7-8,10-14,18H,6,9H2,1-5H3/b20-17+. The summed E-state index contributed by atoms with van der Waals surface area (Å²) in [4.78, 5) is 4.62. The normalized spacial score (nSPS) is 13.7. The van der Waals surface area contributed by atoms with Gasteiger partial charge in [-0.3, -0.25) is 4.98 Å². The molecule has 0 saturated heterocycles. The molecule has 0 radical (unpaired) electrons. The maximum absolute atomic E-state index is 4.62. The van der Waals surface area contributed by atoms with E-state index in [1.165, 1.54) is 27.8 Å². The smallest absolute Gasteiger partial charge is 0.0472 e. The van der Waals surface area contributed by atoms with Gasteiger partial charge in [0.1, 0.15) is 0 Å². The highest BCUT2D eigenvalue weighted by molar-refractivity contribution is 5.71. The van der Waals surface area contributed by atoms with Gasteiger partial charge in [0.15, 0.2) is 0 Å². The van der Waals surface area contributed by atoms with Crippen molar-refractivity contribution in [1.29, 1.82) is 0 Å². The highest BCUT2D eigenvalue weighted by atomic mass is 14.7. The van der Waals surface area contributed by atoms with E-state index in [0.29, 0.717) is 5.92 Å². The molecule has 2 aromatic rings. The molecule has 2 rings (SSSR count). The Morgan fingerprint density at radius 3 is 2.41 bits per heavy atom. The number of pyridine rings is 1. The molecule has 116 valence electrons. The molecule has 1 heteroatoms. The van der Waals surface area contributed by atoms with E-state index in [2.05, 4.69) is 76.0 Å². The number of aryl methyl sites for hydroxylation is 2. The van der Waals surface area contributed by atoms with E-state index < -0.39 is 0 Å². The maximum Gasteiger partial charge on any atom is 0.0472 e. The first-order valence-corrected chi connectivity index (χ1v) is 8.22. The zero-order chi connectivity index (χ0) is 16.1. The average Bonchev–Trinajstić information content (AvgIpc) is 2.53. The van der Waals surface area contributed by atoms with Gasteiger partial charge in [-0.25, -0.2) is 0 Å². The summed E-state index contributed by atoms with van der Waals surface area (Å²) in [5.74, 6) is 0.349. The van der Waals surface area contributed by atoms with E-state index in [1.807, 2.05) is 6.20 Å². The lowest BCUT2D eigenvalue weighted by molar-refractivity contribution is 0.835. The fraction of sp³-hybridized carbons (Fsp3) is 0.381. The first-order valence-electron chi connectivity index (χ1n) is 8.22. The second-order valence-corrected chi connectivity index (χ2v) is 6.21. The van der Waals surface area contributed by atoms with Gasteiger partial charge in [0.2, 0.25) is 0 Å². The van der Waals surface area contributed by atoms with E-state index in [4.69, 9.17) is 0 Å². The third kappa shape index (κ3) is 3.65. The number of nitrogens with zero attached hydrogens (tertiary/aromatic N) is 1. The fourth-order valence-corrected chi connectivity index (χ4v) is 2.92. The van der Waals surface area contributed by atoms with Gasteiger partial charge >= 0.3 is 0 Å². The quantitative estimate of drug-likeness (QED) is 0.651.